The zero-order chi connectivity index (χ0) is 16.9. The second-order valence-corrected chi connectivity index (χ2v) is 5.74. The number of carbonyl (C=O) groups excluding carboxylic acids is 1. The van der Waals surface area contributed by atoms with Crippen LogP contribution in [0.4, 0.5) is 10.6 Å². The van der Waals surface area contributed by atoms with Gasteiger partial charge >= 0.3 is 6.09 Å². The summed E-state index contributed by atoms with van der Waals surface area (Å²) >= 11 is 0. The monoisotopic (exact) mass is 311 g/mol. The van der Waals surface area contributed by atoms with Crippen LogP contribution in [0.3, 0.4) is 0 Å². The van der Waals surface area contributed by atoms with Crippen molar-refractivity contribution in [1.29, 1.82) is 5.26 Å². The molecule has 9 nitrogen and oxygen atoms in total. The molecule has 0 aromatic carbocycles. The molecule has 0 bridgehead atoms. The maximum Gasteiger partial charge on any atom is 0.407 e. The summed E-state index contributed by atoms with van der Waals surface area (Å²) < 4.78 is 5.03. The number of nitrogens with one attached hydrogen (secondary N) is 2. The van der Waals surface area contributed by atoms with Crippen LogP contribution < -0.4 is 11.1 Å². The van der Waals surface area contributed by atoms with Crippen LogP contribution in [0.2, 0.25) is 0 Å². The molecule has 0 aliphatic carbocycles. The second-order valence-electron chi connectivity index (χ2n) is 5.74. The summed E-state index contributed by atoms with van der Waals surface area (Å²) in [5, 5.41) is 37.3. The molecule has 1 amide bonds. The minimum atomic E-state index is -1.36. The van der Waals surface area contributed by atoms with Gasteiger partial charge in [-0.25, -0.2) is 4.79 Å². The molecule has 6 N–H and O–H groups in total. The highest BCUT2D eigenvalue weighted by molar-refractivity contribution is 5.67. The van der Waals surface area contributed by atoms with Crippen molar-refractivity contribution in [2.75, 3.05) is 12.3 Å². The molecule has 2 unspecified atom stereocenters. The van der Waals surface area contributed by atoms with Crippen LogP contribution in [0.5, 0.6) is 0 Å². The van der Waals surface area contributed by atoms with Gasteiger partial charge in [-0.3, -0.25) is 5.10 Å². The first kappa shape index (κ1) is 17.7. The molecule has 22 heavy (non-hydrogen) atoms. The molecule has 0 fully saturated rings. The molecule has 0 saturated heterocycles. The first-order valence-corrected chi connectivity index (χ1v) is 6.72. The smallest absolute Gasteiger partial charge is 0.407 e. The number of aromatic amines is 1. The first-order chi connectivity index (χ1) is 10.2. The Kier molecular flexibility index (Phi) is 5.73. The van der Waals surface area contributed by atoms with Gasteiger partial charge in [-0.15, -0.1) is 0 Å². The average Bonchev–Trinajstić information content (AvgIpc) is 2.76. The quantitative estimate of drug-likeness (QED) is 0.518. The van der Waals surface area contributed by atoms with Gasteiger partial charge in [0.25, 0.3) is 0 Å². The number of hydrogen-bond acceptors (Lipinski definition) is 7. The fourth-order valence-corrected chi connectivity index (χ4v) is 1.69. The number of aliphatic hydroxyl groups is 2. The van der Waals surface area contributed by atoms with E-state index in [1.807, 2.05) is 0 Å². The Bertz CT molecular complexity index is 558. The van der Waals surface area contributed by atoms with Crippen molar-refractivity contribution < 1.29 is 19.7 Å². The Hall–Kier alpha value is -2.31. The summed E-state index contributed by atoms with van der Waals surface area (Å²) in [6.45, 7) is 5.30. The lowest BCUT2D eigenvalue weighted by molar-refractivity contribution is 0.00976. The maximum atomic E-state index is 11.4. The summed E-state index contributed by atoms with van der Waals surface area (Å²) in [7, 11) is 0. The summed E-state index contributed by atoms with van der Waals surface area (Å²) in [5.41, 5.74) is 4.88. The van der Waals surface area contributed by atoms with Crippen LogP contribution in [-0.2, 0) is 4.74 Å². The van der Waals surface area contributed by atoms with Crippen molar-refractivity contribution in [1.82, 2.24) is 15.5 Å². The van der Waals surface area contributed by atoms with Gasteiger partial charge in [-0.1, -0.05) is 0 Å². The predicted octanol–water partition coefficient (Wildman–Crippen LogP) is 0.173. The molecule has 0 saturated carbocycles. The van der Waals surface area contributed by atoms with Gasteiger partial charge in [-0.2, -0.15) is 10.4 Å². The van der Waals surface area contributed by atoms with E-state index in [2.05, 4.69) is 15.5 Å². The lowest BCUT2D eigenvalue weighted by Gasteiger charge is -2.21. The summed E-state index contributed by atoms with van der Waals surface area (Å²) in [5.74, 6) is -0.0457. The Morgan fingerprint density at radius 2 is 2.18 bits per heavy atom. The Morgan fingerprint density at radius 1 is 1.55 bits per heavy atom. The first-order valence-electron chi connectivity index (χ1n) is 6.72. The van der Waals surface area contributed by atoms with Crippen molar-refractivity contribution in [3.05, 3.63) is 11.3 Å². The van der Waals surface area contributed by atoms with Crippen LogP contribution in [0.15, 0.2) is 0 Å². The highest BCUT2D eigenvalue weighted by Crippen LogP contribution is 2.23. The fraction of sp³-hybridized carbons (Fsp3) is 0.615. The number of aliphatic hydroxyl groups excluding tert-OH is 2. The third kappa shape index (κ3) is 4.91. The van der Waals surface area contributed by atoms with Gasteiger partial charge in [0.15, 0.2) is 5.82 Å². The lowest BCUT2D eigenvalue weighted by Crippen LogP contribution is -2.34. The van der Waals surface area contributed by atoms with E-state index in [1.165, 1.54) is 0 Å². The molecule has 0 aliphatic heterocycles. The Morgan fingerprint density at radius 3 is 2.73 bits per heavy atom. The number of nitriles is 1. The van der Waals surface area contributed by atoms with Crippen LogP contribution >= 0.6 is 0 Å². The molecule has 0 radical (unpaired) electrons. The molecule has 1 aromatic rings. The largest absolute Gasteiger partial charge is 0.444 e. The van der Waals surface area contributed by atoms with E-state index < -0.39 is 23.9 Å². The van der Waals surface area contributed by atoms with Gasteiger partial charge in [0.1, 0.15) is 23.3 Å². The molecule has 1 aromatic heterocycles. The van der Waals surface area contributed by atoms with Crippen LogP contribution in [0.1, 0.15) is 44.6 Å². The van der Waals surface area contributed by atoms with Crippen molar-refractivity contribution in [3.8, 4) is 6.07 Å². The molecule has 1 rings (SSSR count). The number of ether oxygens (including phenoxy) is 1. The van der Waals surface area contributed by atoms with Gasteiger partial charge < -0.3 is 26.0 Å². The normalized spacial score (nSPS) is 14.0. The van der Waals surface area contributed by atoms with E-state index in [4.69, 9.17) is 15.7 Å². The van der Waals surface area contributed by atoms with Gasteiger partial charge in [-0.05, 0) is 27.2 Å². The third-order valence-electron chi connectivity index (χ3n) is 2.70. The SMILES string of the molecule is CC(C)(C)OC(=O)NCCC(O)C(O)c1[nH]nc(N)c1C#N. The van der Waals surface area contributed by atoms with E-state index in [0.29, 0.717) is 0 Å². The Labute approximate surface area is 128 Å². The number of amides is 1. The molecule has 0 aliphatic rings. The number of nitrogens with two attached hydrogens (primary N) is 1. The number of nitrogen functional groups attached to an aromatic ring is 1. The van der Waals surface area contributed by atoms with E-state index in [9.17, 15) is 15.0 Å². The molecular weight excluding hydrogens is 290 g/mol. The van der Waals surface area contributed by atoms with Crippen LogP contribution in [-0.4, -0.2) is 44.8 Å². The summed E-state index contributed by atoms with van der Waals surface area (Å²) in [4.78, 5) is 11.4. The minimum absolute atomic E-state index is 0.00773. The number of alkyl carbamates (subject to hydrolysis) is 1. The predicted molar refractivity (Wildman–Crippen MR) is 77.5 cm³/mol. The summed E-state index contributed by atoms with van der Waals surface area (Å²) in [6.07, 6.45) is -3.12. The molecule has 122 valence electrons. The summed E-state index contributed by atoms with van der Waals surface area (Å²) in [6, 6.07) is 1.80. The van der Waals surface area contributed by atoms with Crippen LogP contribution in [0.25, 0.3) is 0 Å². The van der Waals surface area contributed by atoms with E-state index in [-0.39, 0.29) is 30.0 Å². The molecule has 9 heteroatoms. The number of carbonyl (C=O) groups is 1. The second kappa shape index (κ2) is 7.11. The molecular formula is C13H21N5O4. The topological polar surface area (TPSA) is 157 Å². The number of rotatable bonds is 5. The number of aromatic nitrogens is 2. The highest BCUT2D eigenvalue weighted by Gasteiger charge is 2.25. The molecule has 2 atom stereocenters. The lowest BCUT2D eigenvalue weighted by atomic mass is 10.0. The van der Waals surface area contributed by atoms with E-state index in [1.54, 1.807) is 26.8 Å². The van der Waals surface area contributed by atoms with Gasteiger partial charge in [0.05, 0.1) is 11.8 Å². The average molecular weight is 311 g/mol. The van der Waals surface area contributed by atoms with Gasteiger partial charge in [0.2, 0.25) is 0 Å². The van der Waals surface area contributed by atoms with Crippen LogP contribution in [0, 0.1) is 11.3 Å². The number of H-pyrrole nitrogens is 1. The third-order valence-corrected chi connectivity index (χ3v) is 2.70. The maximum absolute atomic E-state index is 11.4. The van der Waals surface area contributed by atoms with Crippen molar-refractivity contribution in [3.63, 3.8) is 0 Å². The standard InChI is InChI=1S/C13H21N5O4/c1-13(2,3)22-12(21)16-5-4-8(19)10(20)9-7(6-14)11(15)18-17-9/h8,10,19-20H,4-5H2,1-3H3,(H,16,21)(H3,15,17,18). The number of nitrogens with zero attached hydrogens (tertiary/aromatic N) is 2. The zero-order valence-corrected chi connectivity index (χ0v) is 12.8. The van der Waals surface area contributed by atoms with Crippen molar-refractivity contribution >= 4 is 11.9 Å². The van der Waals surface area contributed by atoms with Crippen molar-refractivity contribution in [2.45, 2.75) is 45.0 Å². The van der Waals surface area contributed by atoms with E-state index >= 15 is 0 Å². The minimum Gasteiger partial charge on any atom is -0.444 e. The van der Waals surface area contributed by atoms with Gasteiger partial charge in [0, 0.05) is 6.54 Å². The number of anilines is 1. The highest BCUT2D eigenvalue weighted by atomic mass is 16.6. The zero-order valence-electron chi connectivity index (χ0n) is 12.8. The van der Waals surface area contributed by atoms with Crippen molar-refractivity contribution in [2.24, 2.45) is 0 Å². The molecule has 0 spiro atoms. The number of hydrogen-bond donors (Lipinski definition) is 5. The molecule has 1 heterocycles. The van der Waals surface area contributed by atoms with E-state index in [0.717, 1.165) is 0 Å². The fourth-order valence-electron chi connectivity index (χ4n) is 1.69. The Balaban J connectivity index is 2.50.